The Kier molecular flexibility index (Phi) is 5.92. The number of nitrogens with one attached hydrogen (secondary N) is 2. The van der Waals surface area contributed by atoms with Gasteiger partial charge in [-0.15, -0.1) is 0 Å². The van der Waals surface area contributed by atoms with Crippen LogP contribution in [-0.2, 0) is 0 Å². The van der Waals surface area contributed by atoms with Crippen LogP contribution < -0.4 is 10.6 Å². The van der Waals surface area contributed by atoms with Crippen LogP contribution in [0.1, 0.15) is 32.3 Å². The van der Waals surface area contributed by atoms with Crippen LogP contribution in [0.15, 0.2) is 22.7 Å². The summed E-state index contributed by atoms with van der Waals surface area (Å²) in [6.45, 7) is 6.38. The molecule has 17 heavy (non-hydrogen) atoms. The van der Waals surface area contributed by atoms with Crippen molar-refractivity contribution in [2.45, 2.75) is 39.7 Å². The van der Waals surface area contributed by atoms with Gasteiger partial charge in [0.05, 0.1) is 0 Å². The van der Waals surface area contributed by atoms with E-state index < -0.39 is 0 Å². The number of rotatable bonds is 4. The average Bonchev–Trinajstić information content (AvgIpc) is 2.31. The van der Waals surface area contributed by atoms with E-state index in [2.05, 4.69) is 53.4 Å². The first-order valence-corrected chi connectivity index (χ1v) is 7.10. The van der Waals surface area contributed by atoms with Crippen molar-refractivity contribution in [3.05, 3.63) is 28.2 Å². The highest BCUT2D eigenvalue weighted by Gasteiger charge is 2.05. The summed E-state index contributed by atoms with van der Waals surface area (Å²) in [6, 6.07) is 6.56. The molecule has 0 saturated heterocycles. The number of benzene rings is 1. The number of hydrogen-bond donors (Lipinski definition) is 2. The predicted molar refractivity (Wildman–Crippen MR) is 82.6 cm³/mol. The van der Waals surface area contributed by atoms with E-state index in [-0.39, 0.29) is 0 Å². The molecular weight excluding hydrogens is 296 g/mol. The molecule has 2 nitrogen and oxygen atoms in total. The molecule has 0 bridgehead atoms. The molecule has 0 fully saturated rings. The van der Waals surface area contributed by atoms with E-state index in [1.807, 2.05) is 12.1 Å². The van der Waals surface area contributed by atoms with Crippen LogP contribution in [0.5, 0.6) is 0 Å². The zero-order valence-electron chi connectivity index (χ0n) is 10.5. The van der Waals surface area contributed by atoms with Crippen molar-refractivity contribution in [2.75, 3.05) is 5.32 Å². The maximum atomic E-state index is 5.29. The molecule has 1 rings (SSSR count). The molecule has 0 spiro atoms. The molecule has 0 heterocycles. The minimum absolute atomic E-state index is 0.451. The van der Waals surface area contributed by atoms with Crippen molar-refractivity contribution in [3.8, 4) is 0 Å². The van der Waals surface area contributed by atoms with Gasteiger partial charge >= 0.3 is 0 Å². The van der Waals surface area contributed by atoms with Gasteiger partial charge in [-0.25, -0.2) is 0 Å². The lowest BCUT2D eigenvalue weighted by Crippen LogP contribution is -2.36. The van der Waals surface area contributed by atoms with E-state index in [0.29, 0.717) is 11.2 Å². The van der Waals surface area contributed by atoms with Gasteiger partial charge in [-0.3, -0.25) is 0 Å². The molecule has 0 saturated carbocycles. The molecular formula is C13H19BrN2S. The maximum Gasteiger partial charge on any atom is 0.170 e. The molecule has 0 atom stereocenters. The topological polar surface area (TPSA) is 24.1 Å². The number of halogens is 1. The summed E-state index contributed by atoms with van der Waals surface area (Å²) in [6.07, 6.45) is 2.16. The van der Waals surface area contributed by atoms with Crippen molar-refractivity contribution in [1.29, 1.82) is 0 Å². The lowest BCUT2D eigenvalue weighted by Gasteiger charge is -2.18. The average molecular weight is 315 g/mol. The third-order valence-corrected chi connectivity index (χ3v) is 3.85. The molecule has 0 radical (unpaired) electrons. The first-order chi connectivity index (χ1) is 8.06. The fourth-order valence-electron chi connectivity index (χ4n) is 1.57. The van der Waals surface area contributed by atoms with Gasteiger partial charge in [0.25, 0.3) is 0 Å². The van der Waals surface area contributed by atoms with Crippen LogP contribution in [-0.4, -0.2) is 11.2 Å². The van der Waals surface area contributed by atoms with E-state index in [1.165, 1.54) is 5.56 Å². The summed E-state index contributed by atoms with van der Waals surface area (Å²) in [4.78, 5) is 0. The number of thiocarbonyl (C=S) groups is 1. The molecule has 0 amide bonds. The second-order valence-electron chi connectivity index (χ2n) is 4.08. The fourth-order valence-corrected chi connectivity index (χ4v) is 2.10. The Morgan fingerprint density at radius 1 is 1.35 bits per heavy atom. The van der Waals surface area contributed by atoms with Gasteiger partial charge in [0.15, 0.2) is 5.11 Å². The van der Waals surface area contributed by atoms with Gasteiger partial charge < -0.3 is 10.6 Å². The van der Waals surface area contributed by atoms with Crippen LogP contribution in [0.4, 0.5) is 5.69 Å². The van der Waals surface area contributed by atoms with E-state index in [1.54, 1.807) is 0 Å². The first-order valence-electron chi connectivity index (χ1n) is 5.90. The highest BCUT2D eigenvalue weighted by atomic mass is 79.9. The third kappa shape index (κ3) is 4.64. The molecule has 94 valence electrons. The minimum Gasteiger partial charge on any atom is -0.360 e. The van der Waals surface area contributed by atoms with Gasteiger partial charge in [0.1, 0.15) is 0 Å². The van der Waals surface area contributed by atoms with Crippen LogP contribution >= 0.6 is 28.1 Å². The zero-order valence-corrected chi connectivity index (χ0v) is 12.9. The van der Waals surface area contributed by atoms with Gasteiger partial charge in [0, 0.05) is 16.2 Å². The molecule has 0 unspecified atom stereocenters. The van der Waals surface area contributed by atoms with E-state index in [0.717, 1.165) is 23.0 Å². The van der Waals surface area contributed by atoms with E-state index >= 15 is 0 Å². The van der Waals surface area contributed by atoms with Crippen molar-refractivity contribution >= 4 is 38.9 Å². The molecule has 0 aliphatic heterocycles. The molecule has 4 heteroatoms. The smallest absolute Gasteiger partial charge is 0.170 e. The fraction of sp³-hybridized carbons (Fsp3) is 0.462. The second-order valence-corrected chi connectivity index (χ2v) is 5.34. The summed E-state index contributed by atoms with van der Waals surface area (Å²) in [5.74, 6) is 0. The van der Waals surface area contributed by atoms with Crippen LogP contribution in [0, 0.1) is 6.92 Å². The van der Waals surface area contributed by atoms with Gasteiger partial charge in [-0.05, 0) is 55.7 Å². The quantitative estimate of drug-likeness (QED) is 0.813. The Balaban J connectivity index is 2.58. The van der Waals surface area contributed by atoms with Crippen LogP contribution in [0.3, 0.4) is 0 Å². The Bertz CT molecular complexity index is 389. The summed E-state index contributed by atoms with van der Waals surface area (Å²) >= 11 is 8.77. The van der Waals surface area contributed by atoms with Crippen molar-refractivity contribution < 1.29 is 0 Å². The largest absolute Gasteiger partial charge is 0.360 e. The zero-order chi connectivity index (χ0) is 12.8. The maximum absolute atomic E-state index is 5.29. The van der Waals surface area contributed by atoms with Crippen molar-refractivity contribution in [2.24, 2.45) is 0 Å². The Morgan fingerprint density at radius 3 is 2.53 bits per heavy atom. The van der Waals surface area contributed by atoms with E-state index in [9.17, 15) is 0 Å². The summed E-state index contributed by atoms with van der Waals surface area (Å²) in [5.41, 5.74) is 2.22. The lowest BCUT2D eigenvalue weighted by atomic mass is 10.2. The van der Waals surface area contributed by atoms with E-state index in [4.69, 9.17) is 12.2 Å². The second kappa shape index (κ2) is 6.97. The normalized spacial score (nSPS) is 10.4. The molecule has 1 aromatic rings. The minimum atomic E-state index is 0.451. The summed E-state index contributed by atoms with van der Waals surface area (Å²) in [5, 5.41) is 7.21. The molecule has 0 aromatic heterocycles. The standard InChI is InChI=1S/C13H19BrN2S/c1-4-10(5-2)15-13(17)16-11-6-7-12(14)9(3)8-11/h6-8,10H,4-5H2,1-3H3,(H2,15,16,17). The first kappa shape index (κ1) is 14.5. The Morgan fingerprint density at radius 2 is 2.00 bits per heavy atom. The molecule has 0 aliphatic carbocycles. The lowest BCUT2D eigenvalue weighted by molar-refractivity contribution is 0.573. The van der Waals surface area contributed by atoms with Gasteiger partial charge in [-0.1, -0.05) is 29.8 Å². The number of aryl methyl sites for hydroxylation is 1. The Labute approximate surface area is 117 Å². The monoisotopic (exact) mass is 314 g/mol. The molecule has 0 aliphatic rings. The SMILES string of the molecule is CCC(CC)NC(=S)Nc1ccc(Br)c(C)c1. The number of anilines is 1. The Hall–Kier alpha value is -0.610. The highest BCUT2D eigenvalue weighted by Crippen LogP contribution is 2.19. The third-order valence-electron chi connectivity index (χ3n) is 2.74. The highest BCUT2D eigenvalue weighted by molar-refractivity contribution is 9.10. The van der Waals surface area contributed by atoms with Crippen LogP contribution in [0.25, 0.3) is 0 Å². The van der Waals surface area contributed by atoms with Crippen molar-refractivity contribution in [3.63, 3.8) is 0 Å². The van der Waals surface area contributed by atoms with Gasteiger partial charge in [0.2, 0.25) is 0 Å². The van der Waals surface area contributed by atoms with Crippen LogP contribution in [0.2, 0.25) is 0 Å². The van der Waals surface area contributed by atoms with Gasteiger partial charge in [-0.2, -0.15) is 0 Å². The summed E-state index contributed by atoms with van der Waals surface area (Å²) in [7, 11) is 0. The predicted octanol–water partition coefficient (Wildman–Crippen LogP) is 4.23. The summed E-state index contributed by atoms with van der Waals surface area (Å²) < 4.78 is 1.11. The molecule has 2 N–H and O–H groups in total. The number of hydrogen-bond acceptors (Lipinski definition) is 1. The molecule has 1 aromatic carbocycles. The van der Waals surface area contributed by atoms with Crippen molar-refractivity contribution in [1.82, 2.24) is 5.32 Å².